The van der Waals surface area contributed by atoms with E-state index in [-0.39, 0.29) is 5.41 Å². The number of nitrogens with zero attached hydrogens (tertiary/aromatic N) is 1. The molecule has 0 N–H and O–H groups in total. The topological polar surface area (TPSA) is 20.3 Å². The minimum Gasteiger partial charge on any atom is -0.342 e. The molecule has 0 saturated carbocycles. The molecule has 0 aromatic heterocycles. The average Bonchev–Trinajstić information content (AvgIpc) is 2.30. The lowest BCUT2D eigenvalue weighted by Crippen LogP contribution is -2.36. The van der Waals surface area contributed by atoms with Crippen molar-refractivity contribution in [2.24, 2.45) is 11.3 Å². The van der Waals surface area contributed by atoms with Gasteiger partial charge in [0, 0.05) is 19.5 Å². The van der Waals surface area contributed by atoms with Gasteiger partial charge in [-0.1, -0.05) is 20.8 Å². The SMILES string of the molecule is CC1CC(=O)N(CC(C)(C)CS)C1. The minimum absolute atomic E-state index is 0.142. The molecule has 1 fully saturated rings. The van der Waals surface area contributed by atoms with Crippen molar-refractivity contribution in [1.29, 1.82) is 0 Å². The molecule has 0 aliphatic carbocycles. The quantitative estimate of drug-likeness (QED) is 0.691. The Morgan fingerprint density at radius 1 is 1.62 bits per heavy atom. The van der Waals surface area contributed by atoms with Crippen molar-refractivity contribution in [3.05, 3.63) is 0 Å². The van der Waals surface area contributed by atoms with E-state index in [2.05, 4.69) is 33.4 Å². The average molecular weight is 201 g/mol. The highest BCUT2D eigenvalue weighted by Gasteiger charge is 2.30. The predicted molar refractivity (Wildman–Crippen MR) is 58.0 cm³/mol. The molecule has 1 atom stereocenters. The summed E-state index contributed by atoms with van der Waals surface area (Å²) in [4.78, 5) is 13.5. The van der Waals surface area contributed by atoms with Gasteiger partial charge in [0.2, 0.25) is 5.91 Å². The van der Waals surface area contributed by atoms with Crippen molar-refractivity contribution in [1.82, 2.24) is 4.90 Å². The molecule has 1 aliphatic heterocycles. The summed E-state index contributed by atoms with van der Waals surface area (Å²) in [6.45, 7) is 8.20. The Morgan fingerprint density at radius 2 is 2.23 bits per heavy atom. The Hall–Kier alpha value is -0.180. The molecular weight excluding hydrogens is 182 g/mol. The van der Waals surface area contributed by atoms with E-state index >= 15 is 0 Å². The molecule has 1 amide bonds. The first-order valence-corrected chi connectivity index (χ1v) is 5.46. The number of carbonyl (C=O) groups excluding carboxylic acids is 1. The van der Waals surface area contributed by atoms with Crippen molar-refractivity contribution in [2.75, 3.05) is 18.8 Å². The van der Waals surface area contributed by atoms with Gasteiger partial charge in [-0.2, -0.15) is 12.6 Å². The van der Waals surface area contributed by atoms with E-state index in [1.54, 1.807) is 0 Å². The second-order valence-corrected chi connectivity index (χ2v) is 5.22. The number of rotatable bonds is 3. The van der Waals surface area contributed by atoms with E-state index in [9.17, 15) is 4.79 Å². The number of hydrogen-bond acceptors (Lipinski definition) is 2. The maximum atomic E-state index is 11.5. The van der Waals surface area contributed by atoms with Crippen molar-refractivity contribution >= 4 is 18.5 Å². The summed E-state index contributed by atoms with van der Waals surface area (Å²) in [5.41, 5.74) is 0.142. The largest absolute Gasteiger partial charge is 0.342 e. The van der Waals surface area contributed by atoms with Crippen LogP contribution in [0.5, 0.6) is 0 Å². The summed E-state index contributed by atoms with van der Waals surface area (Å²) >= 11 is 4.29. The molecule has 3 heteroatoms. The summed E-state index contributed by atoms with van der Waals surface area (Å²) < 4.78 is 0. The second kappa shape index (κ2) is 3.91. The van der Waals surface area contributed by atoms with Gasteiger partial charge in [0.1, 0.15) is 0 Å². The molecule has 76 valence electrons. The van der Waals surface area contributed by atoms with Gasteiger partial charge in [0.25, 0.3) is 0 Å². The fraction of sp³-hybridized carbons (Fsp3) is 0.900. The standard InChI is InChI=1S/C10H19NOS/c1-8-4-9(12)11(5-8)6-10(2,3)7-13/h8,13H,4-7H2,1-3H3. The van der Waals surface area contributed by atoms with Gasteiger partial charge in [-0.3, -0.25) is 4.79 Å². The van der Waals surface area contributed by atoms with Gasteiger partial charge < -0.3 is 4.90 Å². The van der Waals surface area contributed by atoms with E-state index in [0.717, 1.165) is 25.3 Å². The monoisotopic (exact) mass is 201 g/mol. The van der Waals surface area contributed by atoms with E-state index in [0.29, 0.717) is 11.8 Å². The predicted octanol–water partition coefficient (Wildman–Crippen LogP) is 1.81. The summed E-state index contributed by atoms with van der Waals surface area (Å²) in [6, 6.07) is 0. The van der Waals surface area contributed by atoms with Crippen LogP contribution in [-0.2, 0) is 4.79 Å². The Balaban J connectivity index is 2.50. The third-order valence-electron chi connectivity index (χ3n) is 2.45. The van der Waals surface area contributed by atoms with Crippen LogP contribution in [0.2, 0.25) is 0 Å². The lowest BCUT2D eigenvalue weighted by molar-refractivity contribution is -0.128. The summed E-state index contributed by atoms with van der Waals surface area (Å²) in [5.74, 6) is 1.66. The molecule has 0 radical (unpaired) electrons. The third-order valence-corrected chi connectivity index (χ3v) is 3.31. The maximum Gasteiger partial charge on any atom is 0.222 e. The lowest BCUT2D eigenvalue weighted by atomic mass is 9.96. The maximum absolute atomic E-state index is 11.5. The molecule has 1 heterocycles. The van der Waals surface area contributed by atoms with Crippen LogP contribution in [0.3, 0.4) is 0 Å². The normalized spacial score (nSPS) is 24.2. The van der Waals surface area contributed by atoms with E-state index in [1.165, 1.54) is 0 Å². The molecular formula is C10H19NOS. The Kier molecular flexibility index (Phi) is 3.28. The molecule has 1 rings (SSSR count). The van der Waals surface area contributed by atoms with Gasteiger partial charge in [0.15, 0.2) is 0 Å². The Morgan fingerprint density at radius 3 is 2.62 bits per heavy atom. The molecule has 0 bridgehead atoms. The zero-order chi connectivity index (χ0) is 10.1. The van der Waals surface area contributed by atoms with Crippen LogP contribution in [0.1, 0.15) is 27.2 Å². The molecule has 13 heavy (non-hydrogen) atoms. The van der Waals surface area contributed by atoms with Crippen molar-refractivity contribution in [2.45, 2.75) is 27.2 Å². The molecule has 0 aromatic rings. The van der Waals surface area contributed by atoms with Crippen molar-refractivity contribution in [3.63, 3.8) is 0 Å². The minimum atomic E-state index is 0.142. The van der Waals surface area contributed by atoms with Crippen LogP contribution in [0, 0.1) is 11.3 Å². The van der Waals surface area contributed by atoms with Crippen LogP contribution >= 0.6 is 12.6 Å². The van der Waals surface area contributed by atoms with E-state index in [1.807, 2.05) is 4.90 Å². The summed E-state index contributed by atoms with van der Waals surface area (Å²) in [7, 11) is 0. The second-order valence-electron chi connectivity index (χ2n) is 4.91. The first kappa shape index (κ1) is 10.9. The van der Waals surface area contributed by atoms with Gasteiger partial charge in [-0.25, -0.2) is 0 Å². The van der Waals surface area contributed by atoms with E-state index in [4.69, 9.17) is 0 Å². The first-order chi connectivity index (χ1) is 5.94. The van der Waals surface area contributed by atoms with Gasteiger partial charge in [0.05, 0.1) is 0 Å². The van der Waals surface area contributed by atoms with Gasteiger partial charge >= 0.3 is 0 Å². The molecule has 0 aromatic carbocycles. The van der Waals surface area contributed by atoms with Crippen LogP contribution in [0.4, 0.5) is 0 Å². The van der Waals surface area contributed by atoms with Crippen LogP contribution in [0.25, 0.3) is 0 Å². The molecule has 0 spiro atoms. The molecule has 1 aliphatic rings. The number of thiol groups is 1. The first-order valence-electron chi connectivity index (χ1n) is 4.83. The fourth-order valence-corrected chi connectivity index (χ4v) is 1.79. The third kappa shape index (κ3) is 2.90. The molecule has 1 unspecified atom stereocenters. The van der Waals surface area contributed by atoms with Crippen molar-refractivity contribution < 1.29 is 4.79 Å². The Bertz CT molecular complexity index is 203. The fourth-order valence-electron chi connectivity index (χ4n) is 1.69. The Labute approximate surface area is 86.1 Å². The molecule has 1 saturated heterocycles. The van der Waals surface area contributed by atoms with Crippen LogP contribution < -0.4 is 0 Å². The van der Waals surface area contributed by atoms with Gasteiger partial charge in [-0.15, -0.1) is 0 Å². The highest BCUT2D eigenvalue weighted by atomic mass is 32.1. The van der Waals surface area contributed by atoms with Crippen LogP contribution in [-0.4, -0.2) is 29.6 Å². The zero-order valence-corrected chi connectivity index (χ0v) is 9.60. The van der Waals surface area contributed by atoms with Gasteiger partial charge in [-0.05, 0) is 17.1 Å². The molecule has 2 nitrogen and oxygen atoms in total. The zero-order valence-electron chi connectivity index (χ0n) is 8.71. The smallest absolute Gasteiger partial charge is 0.222 e. The number of likely N-dealkylation sites (tertiary alicyclic amines) is 1. The lowest BCUT2D eigenvalue weighted by Gasteiger charge is -2.28. The van der Waals surface area contributed by atoms with E-state index < -0.39 is 0 Å². The van der Waals surface area contributed by atoms with Crippen molar-refractivity contribution in [3.8, 4) is 0 Å². The highest BCUT2D eigenvalue weighted by Crippen LogP contribution is 2.24. The number of hydrogen-bond donors (Lipinski definition) is 1. The van der Waals surface area contributed by atoms with Crippen LogP contribution in [0.15, 0.2) is 0 Å². The number of amides is 1. The number of carbonyl (C=O) groups is 1. The summed E-state index contributed by atoms with van der Waals surface area (Å²) in [5, 5.41) is 0. The highest BCUT2D eigenvalue weighted by molar-refractivity contribution is 7.80. The summed E-state index contributed by atoms with van der Waals surface area (Å²) in [6.07, 6.45) is 0.725.